The van der Waals surface area contributed by atoms with Gasteiger partial charge in [0.2, 0.25) is 5.95 Å². The van der Waals surface area contributed by atoms with Gasteiger partial charge in [0, 0.05) is 11.6 Å². The molecule has 0 amide bonds. The Morgan fingerprint density at radius 1 is 1.40 bits per heavy atom. The molecule has 0 bridgehead atoms. The number of carboxylic acids is 1. The van der Waals surface area contributed by atoms with Crippen LogP contribution in [0.15, 0.2) is 17.6 Å². The minimum atomic E-state index is -4.66. The molecule has 0 aliphatic rings. The van der Waals surface area contributed by atoms with E-state index in [4.69, 9.17) is 5.11 Å². The van der Waals surface area contributed by atoms with Gasteiger partial charge >= 0.3 is 12.1 Å². The Morgan fingerprint density at radius 2 is 2.15 bits per heavy atom. The molecule has 2 heterocycles. The number of alkyl halides is 3. The van der Waals surface area contributed by atoms with Gasteiger partial charge in [-0.2, -0.15) is 13.2 Å². The quantitative estimate of drug-likeness (QED) is 0.899. The van der Waals surface area contributed by atoms with Gasteiger partial charge in [-0.1, -0.05) is 0 Å². The van der Waals surface area contributed by atoms with Crippen LogP contribution in [0.3, 0.4) is 0 Å². The number of halogens is 3. The Morgan fingerprint density at radius 3 is 2.70 bits per heavy atom. The number of anilines is 1. The van der Waals surface area contributed by atoms with Crippen molar-refractivity contribution in [1.29, 1.82) is 0 Å². The molecule has 2 aromatic rings. The number of carboxylic acid groups (broad SMARTS) is 1. The van der Waals surface area contributed by atoms with Gasteiger partial charge in [-0.05, 0) is 6.07 Å². The molecule has 0 fully saturated rings. The van der Waals surface area contributed by atoms with E-state index in [1.54, 1.807) is 5.38 Å². The van der Waals surface area contributed by atoms with Crippen LogP contribution in [0.5, 0.6) is 0 Å². The predicted molar refractivity (Wildman–Crippen MR) is 64.3 cm³/mol. The average molecular weight is 304 g/mol. The number of hydrogen-bond donors (Lipinski definition) is 2. The maximum absolute atomic E-state index is 12.7. The Bertz CT molecular complexity index is 615. The number of nitrogens with zero attached hydrogens (tertiary/aromatic N) is 3. The van der Waals surface area contributed by atoms with Gasteiger partial charge in [0.1, 0.15) is 17.2 Å². The molecule has 10 heteroatoms. The van der Waals surface area contributed by atoms with Gasteiger partial charge in [0.15, 0.2) is 5.69 Å². The highest BCUT2D eigenvalue weighted by atomic mass is 32.1. The molecular formula is C10H7F3N4O2S. The molecule has 106 valence electrons. The Hall–Kier alpha value is -2.23. The lowest BCUT2D eigenvalue weighted by atomic mass is 10.3. The molecule has 0 atom stereocenters. The summed E-state index contributed by atoms with van der Waals surface area (Å²) in [6.45, 7) is -0.585. The fraction of sp³-hybridized carbons (Fsp3) is 0.200. The van der Waals surface area contributed by atoms with E-state index in [2.05, 4.69) is 20.3 Å². The summed E-state index contributed by atoms with van der Waals surface area (Å²) >= 11 is 1.12. The third-order valence-corrected chi connectivity index (χ3v) is 2.86. The molecule has 0 aromatic carbocycles. The molecular weight excluding hydrogens is 297 g/mol. The normalized spacial score (nSPS) is 11.3. The van der Waals surface area contributed by atoms with Crippen LogP contribution >= 0.6 is 11.3 Å². The molecule has 0 saturated carbocycles. The molecule has 0 aliphatic heterocycles. The van der Waals surface area contributed by atoms with Crippen molar-refractivity contribution >= 4 is 23.3 Å². The average Bonchev–Trinajstić information content (AvgIpc) is 2.89. The number of thiazole rings is 1. The first-order valence-corrected chi connectivity index (χ1v) is 6.06. The first kappa shape index (κ1) is 14.2. The van der Waals surface area contributed by atoms with E-state index in [1.807, 2.05) is 0 Å². The predicted octanol–water partition coefficient (Wildman–Crippen LogP) is 2.12. The first-order chi connectivity index (χ1) is 9.36. The third-order valence-electron chi connectivity index (χ3n) is 2.07. The standard InChI is InChI=1S/C10H7F3N4O2S/c11-10(12,13)6-3-5(8-14-1-2-20-8)16-9(17-6)15-4-7(18)19/h1-3H,4H2,(H,18,19)(H,15,16,17). The summed E-state index contributed by atoms with van der Waals surface area (Å²) in [5.74, 6) is -1.64. The monoisotopic (exact) mass is 304 g/mol. The van der Waals surface area contributed by atoms with E-state index in [0.717, 1.165) is 17.4 Å². The number of aliphatic carboxylic acids is 1. The Balaban J connectivity index is 2.42. The van der Waals surface area contributed by atoms with Crippen LogP contribution in [0.25, 0.3) is 10.7 Å². The van der Waals surface area contributed by atoms with E-state index in [0.29, 0.717) is 0 Å². The molecule has 0 aliphatic carbocycles. The lowest BCUT2D eigenvalue weighted by molar-refractivity contribution is -0.141. The Kier molecular flexibility index (Phi) is 3.84. The van der Waals surface area contributed by atoms with E-state index < -0.39 is 30.3 Å². The zero-order valence-electron chi connectivity index (χ0n) is 9.68. The van der Waals surface area contributed by atoms with E-state index >= 15 is 0 Å². The molecule has 0 saturated heterocycles. The van der Waals surface area contributed by atoms with Gasteiger partial charge < -0.3 is 10.4 Å². The van der Waals surface area contributed by atoms with Gasteiger partial charge in [-0.25, -0.2) is 15.0 Å². The van der Waals surface area contributed by atoms with E-state index in [1.165, 1.54) is 6.20 Å². The van der Waals surface area contributed by atoms with Crippen molar-refractivity contribution in [3.05, 3.63) is 23.3 Å². The molecule has 2 N–H and O–H groups in total. The topological polar surface area (TPSA) is 88.0 Å². The van der Waals surface area contributed by atoms with Crippen LogP contribution < -0.4 is 5.32 Å². The zero-order valence-corrected chi connectivity index (χ0v) is 10.5. The highest BCUT2D eigenvalue weighted by Gasteiger charge is 2.34. The summed E-state index contributed by atoms with van der Waals surface area (Å²) < 4.78 is 38.2. The van der Waals surface area contributed by atoms with Gasteiger partial charge in [0.05, 0.1) is 0 Å². The van der Waals surface area contributed by atoms with Crippen molar-refractivity contribution in [2.24, 2.45) is 0 Å². The summed E-state index contributed by atoms with van der Waals surface area (Å²) in [6.07, 6.45) is -3.23. The number of nitrogens with one attached hydrogen (secondary N) is 1. The highest BCUT2D eigenvalue weighted by molar-refractivity contribution is 7.13. The summed E-state index contributed by atoms with van der Waals surface area (Å²) in [5, 5.41) is 12.6. The van der Waals surface area contributed by atoms with Crippen LogP contribution in [-0.2, 0) is 11.0 Å². The molecule has 20 heavy (non-hydrogen) atoms. The van der Waals surface area contributed by atoms with Crippen LogP contribution in [0.1, 0.15) is 5.69 Å². The number of rotatable bonds is 4. The minimum Gasteiger partial charge on any atom is -0.480 e. The summed E-state index contributed by atoms with van der Waals surface area (Å²) in [4.78, 5) is 21.4. The fourth-order valence-corrected chi connectivity index (χ4v) is 1.88. The summed E-state index contributed by atoms with van der Waals surface area (Å²) in [6, 6.07) is 0.769. The van der Waals surface area contributed by atoms with Crippen molar-refractivity contribution in [3.8, 4) is 10.7 Å². The lowest BCUT2D eigenvalue weighted by Crippen LogP contribution is -2.17. The minimum absolute atomic E-state index is 0.0183. The van der Waals surface area contributed by atoms with Crippen molar-refractivity contribution < 1.29 is 23.1 Å². The van der Waals surface area contributed by atoms with Gasteiger partial charge in [0.25, 0.3) is 0 Å². The van der Waals surface area contributed by atoms with Gasteiger partial charge in [-0.3, -0.25) is 4.79 Å². The summed E-state index contributed by atoms with van der Waals surface area (Å²) in [5.41, 5.74) is -1.18. The number of hydrogen-bond acceptors (Lipinski definition) is 6. The Labute approximate surface area is 114 Å². The molecule has 0 unspecified atom stereocenters. The number of aromatic nitrogens is 3. The van der Waals surface area contributed by atoms with Gasteiger partial charge in [-0.15, -0.1) is 11.3 Å². The second-order valence-corrected chi connectivity index (χ2v) is 4.44. The van der Waals surface area contributed by atoms with Crippen LogP contribution in [0, 0.1) is 0 Å². The highest BCUT2D eigenvalue weighted by Crippen LogP contribution is 2.31. The van der Waals surface area contributed by atoms with Crippen molar-refractivity contribution in [1.82, 2.24) is 15.0 Å². The lowest BCUT2D eigenvalue weighted by Gasteiger charge is -2.09. The maximum atomic E-state index is 12.7. The second-order valence-electron chi connectivity index (χ2n) is 3.54. The molecule has 0 spiro atoms. The van der Waals surface area contributed by atoms with Crippen molar-refractivity contribution in [2.75, 3.05) is 11.9 Å². The fourth-order valence-electron chi connectivity index (χ4n) is 1.29. The summed E-state index contributed by atoms with van der Waals surface area (Å²) in [7, 11) is 0. The van der Waals surface area contributed by atoms with Crippen molar-refractivity contribution in [2.45, 2.75) is 6.18 Å². The zero-order chi connectivity index (χ0) is 14.8. The first-order valence-electron chi connectivity index (χ1n) is 5.18. The molecule has 2 rings (SSSR count). The second kappa shape index (κ2) is 5.41. The van der Waals surface area contributed by atoms with Crippen LogP contribution in [0.4, 0.5) is 19.1 Å². The number of carbonyl (C=O) groups is 1. The smallest absolute Gasteiger partial charge is 0.433 e. The van der Waals surface area contributed by atoms with E-state index in [9.17, 15) is 18.0 Å². The maximum Gasteiger partial charge on any atom is 0.433 e. The molecule has 0 radical (unpaired) electrons. The molecule has 6 nitrogen and oxygen atoms in total. The van der Waals surface area contributed by atoms with Crippen molar-refractivity contribution in [3.63, 3.8) is 0 Å². The molecule has 2 aromatic heterocycles. The largest absolute Gasteiger partial charge is 0.480 e. The van der Waals surface area contributed by atoms with Crippen LogP contribution in [0.2, 0.25) is 0 Å². The van der Waals surface area contributed by atoms with Crippen LogP contribution in [-0.4, -0.2) is 32.6 Å². The SMILES string of the molecule is O=C(O)CNc1nc(-c2nccs2)cc(C(F)(F)F)n1. The van der Waals surface area contributed by atoms with E-state index in [-0.39, 0.29) is 10.7 Å². The third kappa shape index (κ3) is 3.41.